The lowest BCUT2D eigenvalue weighted by molar-refractivity contribution is 0.296. The number of ether oxygens (including phenoxy) is 1. The van der Waals surface area contributed by atoms with Crippen molar-refractivity contribution < 1.29 is 22.7 Å². The Balaban J connectivity index is 2.96. The Morgan fingerprint density at radius 2 is 2.18 bits per heavy atom. The second-order valence-corrected chi connectivity index (χ2v) is 5.59. The minimum Gasteiger partial charge on any atom is -0.494 e. The molecule has 1 aromatic carbocycles. The number of anilines is 1. The van der Waals surface area contributed by atoms with E-state index in [-0.39, 0.29) is 11.4 Å². The van der Waals surface area contributed by atoms with E-state index in [0.29, 0.717) is 0 Å². The van der Waals surface area contributed by atoms with Crippen LogP contribution in [0.25, 0.3) is 0 Å². The minimum absolute atomic E-state index is 0.0538. The van der Waals surface area contributed by atoms with E-state index in [9.17, 15) is 12.8 Å². The molecule has 0 aliphatic rings. The van der Waals surface area contributed by atoms with Crippen LogP contribution in [0, 0.1) is 5.82 Å². The zero-order valence-electron chi connectivity index (χ0n) is 9.47. The second-order valence-electron chi connectivity index (χ2n) is 3.49. The summed E-state index contributed by atoms with van der Waals surface area (Å²) in [6.45, 7) is 0.872. The first-order valence-electron chi connectivity index (χ1n) is 4.86. The van der Waals surface area contributed by atoms with E-state index in [4.69, 9.17) is 9.84 Å². The number of hydrogen-bond donors (Lipinski definition) is 2. The first kappa shape index (κ1) is 13.7. The van der Waals surface area contributed by atoms with Crippen LogP contribution in [0.5, 0.6) is 5.75 Å². The Kier molecular flexibility index (Phi) is 4.30. The summed E-state index contributed by atoms with van der Waals surface area (Å²) < 4.78 is 43.3. The lowest BCUT2D eigenvalue weighted by atomic mass is 10.3. The highest BCUT2D eigenvalue weighted by Gasteiger charge is 2.20. The summed E-state index contributed by atoms with van der Waals surface area (Å²) in [7, 11) is -2.39. The molecule has 5 nitrogen and oxygen atoms in total. The van der Waals surface area contributed by atoms with E-state index < -0.39 is 27.7 Å². The summed E-state index contributed by atoms with van der Waals surface area (Å²) in [5, 5.41) is 7.84. The Hall–Kier alpha value is -1.34. The summed E-state index contributed by atoms with van der Waals surface area (Å²) in [5.74, 6) is -0.632. The number of benzene rings is 1. The van der Waals surface area contributed by atoms with Gasteiger partial charge in [0.15, 0.2) is 11.6 Å². The monoisotopic (exact) mass is 263 g/mol. The van der Waals surface area contributed by atoms with Crippen molar-refractivity contribution in [2.45, 2.75) is 12.2 Å². The van der Waals surface area contributed by atoms with Gasteiger partial charge in [-0.15, -0.1) is 0 Å². The van der Waals surface area contributed by atoms with Gasteiger partial charge in [-0.25, -0.2) is 12.8 Å². The van der Waals surface area contributed by atoms with Gasteiger partial charge in [0.2, 0.25) is 10.0 Å². The fourth-order valence-corrected chi connectivity index (χ4v) is 1.94. The highest BCUT2D eigenvalue weighted by atomic mass is 32.2. The van der Waals surface area contributed by atoms with Crippen molar-refractivity contribution in [3.8, 4) is 5.75 Å². The average Bonchev–Trinajstić information content (AvgIpc) is 2.30. The Labute approximate surface area is 99.3 Å². The molecule has 0 aromatic heterocycles. The van der Waals surface area contributed by atoms with Crippen LogP contribution in [0.4, 0.5) is 10.1 Å². The number of methoxy groups -OCH3 is 1. The molecule has 0 heterocycles. The van der Waals surface area contributed by atoms with Gasteiger partial charge < -0.3 is 9.84 Å². The molecule has 1 atom stereocenters. The van der Waals surface area contributed by atoms with Crippen molar-refractivity contribution in [2.75, 3.05) is 18.4 Å². The molecule has 0 radical (unpaired) electrons. The number of nitrogens with one attached hydrogen (secondary N) is 1. The molecule has 2 N–H and O–H groups in total. The highest BCUT2D eigenvalue weighted by Crippen LogP contribution is 2.22. The smallest absolute Gasteiger partial charge is 0.237 e. The summed E-state index contributed by atoms with van der Waals surface area (Å²) in [6.07, 6.45) is 0. The number of sulfonamides is 1. The van der Waals surface area contributed by atoms with E-state index in [2.05, 4.69) is 4.72 Å². The van der Waals surface area contributed by atoms with Crippen molar-refractivity contribution in [1.29, 1.82) is 0 Å². The fraction of sp³-hybridized carbons (Fsp3) is 0.400. The standard InChI is InChI=1S/C10H14FNO4S/c1-7(6-13)17(14,15)12-8-3-4-9(11)10(5-8)16-2/h3-5,7,12-13H,6H2,1-2H3. The molecule has 0 saturated carbocycles. The third-order valence-electron chi connectivity index (χ3n) is 2.20. The van der Waals surface area contributed by atoms with Gasteiger partial charge in [-0.1, -0.05) is 0 Å². The number of hydrogen-bond acceptors (Lipinski definition) is 4. The normalized spacial score (nSPS) is 13.2. The SMILES string of the molecule is COc1cc(NS(=O)(=O)C(C)CO)ccc1F. The van der Waals surface area contributed by atoms with Crippen LogP contribution in [0.2, 0.25) is 0 Å². The highest BCUT2D eigenvalue weighted by molar-refractivity contribution is 7.93. The molecule has 0 saturated heterocycles. The van der Waals surface area contributed by atoms with Crippen LogP contribution in [-0.2, 0) is 10.0 Å². The third-order valence-corrected chi connectivity index (χ3v) is 3.93. The zero-order valence-corrected chi connectivity index (χ0v) is 10.3. The molecular formula is C10H14FNO4S. The fourth-order valence-electron chi connectivity index (χ4n) is 1.09. The molecular weight excluding hydrogens is 249 g/mol. The number of aliphatic hydroxyl groups excluding tert-OH is 1. The van der Waals surface area contributed by atoms with Gasteiger partial charge in [0.05, 0.1) is 19.4 Å². The van der Waals surface area contributed by atoms with E-state index in [0.717, 1.165) is 6.07 Å². The summed E-state index contributed by atoms with van der Waals surface area (Å²) in [4.78, 5) is 0. The first-order chi connectivity index (χ1) is 7.90. The van der Waals surface area contributed by atoms with Crippen LogP contribution in [-0.4, -0.2) is 32.5 Å². The van der Waals surface area contributed by atoms with Crippen molar-refractivity contribution in [1.82, 2.24) is 0 Å². The zero-order chi connectivity index (χ0) is 13.1. The lowest BCUT2D eigenvalue weighted by Gasteiger charge is -2.13. The molecule has 0 amide bonds. The molecule has 1 aromatic rings. The number of rotatable bonds is 5. The first-order valence-corrected chi connectivity index (χ1v) is 6.41. The van der Waals surface area contributed by atoms with E-state index in [1.165, 1.54) is 26.2 Å². The van der Waals surface area contributed by atoms with Gasteiger partial charge >= 0.3 is 0 Å². The van der Waals surface area contributed by atoms with Crippen molar-refractivity contribution >= 4 is 15.7 Å². The van der Waals surface area contributed by atoms with Crippen molar-refractivity contribution in [3.63, 3.8) is 0 Å². The number of aliphatic hydroxyl groups is 1. The molecule has 0 fully saturated rings. The molecule has 1 unspecified atom stereocenters. The molecule has 1 rings (SSSR count). The topological polar surface area (TPSA) is 75.6 Å². The van der Waals surface area contributed by atoms with Crippen LogP contribution in [0.15, 0.2) is 18.2 Å². The largest absolute Gasteiger partial charge is 0.494 e. The van der Waals surface area contributed by atoms with Gasteiger partial charge in [0, 0.05) is 6.07 Å². The molecule has 7 heteroatoms. The van der Waals surface area contributed by atoms with E-state index in [1.54, 1.807) is 0 Å². The van der Waals surface area contributed by atoms with Gasteiger partial charge in [0.25, 0.3) is 0 Å². The quantitative estimate of drug-likeness (QED) is 0.829. The minimum atomic E-state index is -3.68. The summed E-state index contributed by atoms with van der Waals surface area (Å²) in [6, 6.07) is 3.61. The lowest BCUT2D eigenvalue weighted by Crippen LogP contribution is -2.28. The molecule has 96 valence electrons. The maximum atomic E-state index is 13.1. The van der Waals surface area contributed by atoms with Crippen LogP contribution in [0.1, 0.15) is 6.92 Å². The Morgan fingerprint density at radius 3 is 2.71 bits per heavy atom. The van der Waals surface area contributed by atoms with Crippen LogP contribution >= 0.6 is 0 Å². The third kappa shape index (κ3) is 3.31. The van der Waals surface area contributed by atoms with Gasteiger partial charge in [0.1, 0.15) is 5.25 Å². The summed E-state index contributed by atoms with van der Waals surface area (Å²) in [5.41, 5.74) is 0.184. The average molecular weight is 263 g/mol. The summed E-state index contributed by atoms with van der Waals surface area (Å²) >= 11 is 0. The maximum absolute atomic E-state index is 13.1. The Bertz CT molecular complexity index is 489. The predicted octanol–water partition coefficient (Wildman–Crippen LogP) is 0.957. The molecule has 0 aliphatic heterocycles. The van der Waals surface area contributed by atoms with Crippen molar-refractivity contribution in [3.05, 3.63) is 24.0 Å². The molecule has 0 spiro atoms. The van der Waals surface area contributed by atoms with Gasteiger partial charge in [-0.3, -0.25) is 4.72 Å². The maximum Gasteiger partial charge on any atom is 0.237 e. The van der Waals surface area contributed by atoms with E-state index in [1.807, 2.05) is 0 Å². The predicted molar refractivity (Wildman–Crippen MR) is 62.0 cm³/mol. The molecule has 17 heavy (non-hydrogen) atoms. The van der Waals surface area contributed by atoms with E-state index >= 15 is 0 Å². The number of halogens is 1. The van der Waals surface area contributed by atoms with Crippen LogP contribution < -0.4 is 9.46 Å². The van der Waals surface area contributed by atoms with Crippen LogP contribution in [0.3, 0.4) is 0 Å². The molecule has 0 bridgehead atoms. The second kappa shape index (κ2) is 5.33. The Morgan fingerprint density at radius 1 is 1.53 bits per heavy atom. The van der Waals surface area contributed by atoms with Gasteiger partial charge in [-0.05, 0) is 19.1 Å². The van der Waals surface area contributed by atoms with Gasteiger partial charge in [-0.2, -0.15) is 0 Å². The van der Waals surface area contributed by atoms with Crippen molar-refractivity contribution in [2.24, 2.45) is 0 Å². The molecule has 0 aliphatic carbocycles.